The Morgan fingerprint density at radius 2 is 1.81 bits per heavy atom. The molecule has 0 atom stereocenters. The van der Waals surface area contributed by atoms with Crippen molar-refractivity contribution in [2.75, 3.05) is 6.54 Å². The van der Waals surface area contributed by atoms with Gasteiger partial charge in [0.25, 0.3) is 0 Å². The maximum Gasteiger partial charge on any atom is 0.134 e. The Hall–Kier alpha value is -1.45. The molecule has 0 spiro atoms. The van der Waals surface area contributed by atoms with Gasteiger partial charge >= 0.3 is 0 Å². The molecule has 0 bridgehead atoms. The molecule has 112 valence electrons. The van der Waals surface area contributed by atoms with Crippen molar-refractivity contribution in [3.63, 3.8) is 0 Å². The van der Waals surface area contributed by atoms with E-state index in [0.29, 0.717) is 21.7 Å². The first-order valence-corrected chi connectivity index (χ1v) is 7.36. The van der Waals surface area contributed by atoms with Gasteiger partial charge in [-0.1, -0.05) is 30.7 Å². The van der Waals surface area contributed by atoms with E-state index in [1.807, 2.05) is 12.1 Å². The first-order valence-electron chi connectivity index (χ1n) is 6.98. The number of hydrogen-bond acceptors (Lipinski definition) is 1. The molecule has 0 saturated heterocycles. The van der Waals surface area contributed by atoms with Crippen LogP contribution in [0.25, 0.3) is 11.1 Å². The van der Waals surface area contributed by atoms with E-state index in [4.69, 9.17) is 11.6 Å². The summed E-state index contributed by atoms with van der Waals surface area (Å²) in [5.41, 5.74) is 2.34. The van der Waals surface area contributed by atoms with Crippen molar-refractivity contribution in [3.05, 3.63) is 58.1 Å². The molecular weight excluding hydrogens is 292 g/mol. The number of rotatable bonds is 5. The molecule has 0 fully saturated rings. The van der Waals surface area contributed by atoms with Gasteiger partial charge in [-0.15, -0.1) is 0 Å². The van der Waals surface area contributed by atoms with Crippen LogP contribution in [0.1, 0.15) is 24.5 Å². The molecule has 2 aromatic rings. The Morgan fingerprint density at radius 1 is 1.05 bits per heavy atom. The average Bonchev–Trinajstić information content (AvgIpc) is 2.44. The largest absolute Gasteiger partial charge is 0.313 e. The van der Waals surface area contributed by atoms with Crippen molar-refractivity contribution in [1.82, 2.24) is 5.32 Å². The van der Waals surface area contributed by atoms with Crippen LogP contribution in [-0.2, 0) is 6.54 Å². The van der Waals surface area contributed by atoms with Crippen molar-refractivity contribution < 1.29 is 8.78 Å². The number of aryl methyl sites for hydroxylation is 1. The van der Waals surface area contributed by atoms with E-state index in [9.17, 15) is 8.78 Å². The molecule has 0 radical (unpaired) electrons. The molecular formula is C17H18ClF2N. The Morgan fingerprint density at radius 3 is 2.48 bits per heavy atom. The lowest BCUT2D eigenvalue weighted by Crippen LogP contribution is -2.13. The molecule has 1 nitrogen and oxygen atoms in total. The maximum atomic E-state index is 13.9. The molecule has 0 heterocycles. The topological polar surface area (TPSA) is 12.0 Å². The Balaban J connectivity index is 2.31. The molecule has 0 unspecified atom stereocenters. The SMILES string of the molecule is CCCNCc1ccc(-c2cc(C)c(F)cc2F)c(Cl)c1. The van der Waals surface area contributed by atoms with Gasteiger partial charge in [0.1, 0.15) is 11.6 Å². The van der Waals surface area contributed by atoms with Crippen molar-refractivity contribution in [2.24, 2.45) is 0 Å². The summed E-state index contributed by atoms with van der Waals surface area (Å²) in [6.45, 7) is 5.36. The number of benzene rings is 2. The minimum atomic E-state index is -0.600. The number of halogens is 3. The van der Waals surface area contributed by atoms with Crippen LogP contribution in [0.5, 0.6) is 0 Å². The second-order valence-electron chi connectivity index (χ2n) is 5.07. The Labute approximate surface area is 128 Å². The number of nitrogens with one attached hydrogen (secondary N) is 1. The van der Waals surface area contributed by atoms with Gasteiger partial charge in [0.2, 0.25) is 0 Å². The maximum absolute atomic E-state index is 13.9. The summed E-state index contributed by atoms with van der Waals surface area (Å²) in [6.07, 6.45) is 1.06. The molecule has 2 aromatic carbocycles. The van der Waals surface area contributed by atoms with Crippen LogP contribution in [-0.4, -0.2) is 6.54 Å². The van der Waals surface area contributed by atoms with Crippen LogP contribution in [0.3, 0.4) is 0 Å². The van der Waals surface area contributed by atoms with Crippen molar-refractivity contribution in [3.8, 4) is 11.1 Å². The first kappa shape index (κ1) is 15.9. The normalized spacial score (nSPS) is 10.9. The van der Waals surface area contributed by atoms with Gasteiger partial charge in [-0.3, -0.25) is 0 Å². The molecule has 0 amide bonds. The zero-order valence-electron chi connectivity index (χ0n) is 12.1. The summed E-state index contributed by atoms with van der Waals surface area (Å²) in [6, 6.07) is 7.89. The molecule has 4 heteroatoms. The third-order valence-corrected chi connectivity index (χ3v) is 3.64. The fraction of sp³-hybridized carbons (Fsp3) is 0.294. The van der Waals surface area contributed by atoms with Gasteiger partial charge in [0.15, 0.2) is 0 Å². The van der Waals surface area contributed by atoms with Gasteiger partial charge < -0.3 is 5.32 Å². The van der Waals surface area contributed by atoms with Gasteiger partial charge in [-0.05, 0) is 43.1 Å². The zero-order valence-corrected chi connectivity index (χ0v) is 12.9. The molecule has 0 aliphatic carbocycles. The molecule has 0 aromatic heterocycles. The van der Waals surface area contributed by atoms with Crippen LogP contribution in [0.4, 0.5) is 8.78 Å². The van der Waals surface area contributed by atoms with Gasteiger partial charge in [-0.2, -0.15) is 0 Å². The molecule has 2 rings (SSSR count). The number of hydrogen-bond donors (Lipinski definition) is 1. The van der Waals surface area contributed by atoms with Crippen molar-refractivity contribution in [1.29, 1.82) is 0 Å². The van der Waals surface area contributed by atoms with E-state index in [0.717, 1.165) is 31.1 Å². The summed E-state index contributed by atoms with van der Waals surface area (Å²) >= 11 is 6.25. The highest BCUT2D eigenvalue weighted by Gasteiger charge is 2.12. The second-order valence-corrected chi connectivity index (χ2v) is 5.48. The summed E-state index contributed by atoms with van der Waals surface area (Å²) in [7, 11) is 0. The molecule has 0 aliphatic rings. The van der Waals surface area contributed by atoms with Crippen molar-refractivity contribution in [2.45, 2.75) is 26.8 Å². The first-order chi connectivity index (χ1) is 10.0. The van der Waals surface area contributed by atoms with E-state index >= 15 is 0 Å². The summed E-state index contributed by atoms with van der Waals surface area (Å²) in [5.74, 6) is -1.15. The monoisotopic (exact) mass is 309 g/mol. The zero-order chi connectivity index (χ0) is 15.4. The van der Waals surface area contributed by atoms with E-state index in [1.54, 1.807) is 13.0 Å². The fourth-order valence-electron chi connectivity index (χ4n) is 2.16. The highest BCUT2D eigenvalue weighted by molar-refractivity contribution is 6.33. The Bertz CT molecular complexity index is 641. The van der Waals surface area contributed by atoms with Crippen LogP contribution in [0.2, 0.25) is 5.02 Å². The van der Waals surface area contributed by atoms with E-state index < -0.39 is 11.6 Å². The lowest BCUT2D eigenvalue weighted by atomic mass is 10.0. The van der Waals surface area contributed by atoms with E-state index in [-0.39, 0.29) is 0 Å². The standard InChI is InChI=1S/C17H18ClF2N/c1-3-6-21-10-12-4-5-13(15(18)8-12)14-7-11(2)16(19)9-17(14)20/h4-5,7-9,21H,3,6,10H2,1-2H3. The molecule has 0 saturated carbocycles. The van der Waals surface area contributed by atoms with Gasteiger partial charge in [0.05, 0.1) is 0 Å². The van der Waals surface area contributed by atoms with Crippen LogP contribution < -0.4 is 5.32 Å². The smallest absolute Gasteiger partial charge is 0.134 e. The lowest BCUT2D eigenvalue weighted by Gasteiger charge is -2.10. The van der Waals surface area contributed by atoms with Gasteiger partial charge in [-0.25, -0.2) is 8.78 Å². The Kier molecular flexibility index (Phi) is 5.32. The highest BCUT2D eigenvalue weighted by Crippen LogP contribution is 2.32. The molecule has 1 N–H and O–H groups in total. The average molecular weight is 310 g/mol. The van der Waals surface area contributed by atoms with Crippen molar-refractivity contribution >= 4 is 11.6 Å². The summed E-state index contributed by atoms with van der Waals surface area (Å²) in [5, 5.41) is 3.75. The predicted octanol–water partition coefficient (Wildman–Crippen LogP) is 5.09. The van der Waals surface area contributed by atoms with E-state index in [2.05, 4.69) is 12.2 Å². The third kappa shape index (κ3) is 3.80. The second kappa shape index (κ2) is 7.01. The third-order valence-electron chi connectivity index (χ3n) is 3.33. The van der Waals surface area contributed by atoms with Gasteiger partial charge in [0, 0.05) is 28.8 Å². The summed E-state index contributed by atoms with van der Waals surface area (Å²) < 4.78 is 27.3. The lowest BCUT2D eigenvalue weighted by molar-refractivity contribution is 0.579. The minimum Gasteiger partial charge on any atom is -0.313 e. The fourth-order valence-corrected chi connectivity index (χ4v) is 2.47. The van der Waals surface area contributed by atoms with Crippen LogP contribution in [0.15, 0.2) is 30.3 Å². The highest BCUT2D eigenvalue weighted by atomic mass is 35.5. The summed E-state index contributed by atoms with van der Waals surface area (Å²) in [4.78, 5) is 0. The molecule has 21 heavy (non-hydrogen) atoms. The quantitative estimate of drug-likeness (QED) is 0.758. The van der Waals surface area contributed by atoms with E-state index in [1.165, 1.54) is 6.07 Å². The predicted molar refractivity (Wildman–Crippen MR) is 83.5 cm³/mol. The van der Waals surface area contributed by atoms with Crippen LogP contribution >= 0.6 is 11.6 Å². The minimum absolute atomic E-state index is 0.326. The molecule has 0 aliphatic heterocycles. The van der Waals surface area contributed by atoms with Crippen LogP contribution in [0, 0.1) is 18.6 Å².